The average Bonchev–Trinajstić information content (AvgIpc) is 2.71. The molecule has 0 saturated carbocycles. The Kier molecular flexibility index (Phi) is 2.75. The van der Waals surface area contributed by atoms with E-state index >= 15 is 0 Å². The zero-order valence-corrected chi connectivity index (χ0v) is 9.67. The zero-order chi connectivity index (χ0) is 11.0. The van der Waals surface area contributed by atoms with Crippen molar-refractivity contribution in [3.8, 4) is 0 Å². The summed E-state index contributed by atoms with van der Waals surface area (Å²) in [6.07, 6.45) is 1.09. The summed E-state index contributed by atoms with van der Waals surface area (Å²) in [7, 11) is 2.08. The van der Waals surface area contributed by atoms with E-state index in [2.05, 4.69) is 16.9 Å². The molecule has 1 unspecified atom stereocenters. The largest absolute Gasteiger partial charge is 0.477 e. The van der Waals surface area contributed by atoms with Crippen molar-refractivity contribution in [3.05, 3.63) is 15.6 Å². The van der Waals surface area contributed by atoms with Gasteiger partial charge in [0.05, 0.1) is 10.7 Å². The van der Waals surface area contributed by atoms with Gasteiger partial charge < -0.3 is 10.0 Å². The standard InChI is InChI=1S/C10H14N2O2S/c1-6-8(10(13)14)15-9(11-6)7-3-4-12(2)5-7/h7H,3-5H2,1-2H3,(H,13,14). The van der Waals surface area contributed by atoms with E-state index in [0.29, 0.717) is 16.5 Å². The van der Waals surface area contributed by atoms with Crippen LogP contribution in [0.4, 0.5) is 0 Å². The van der Waals surface area contributed by atoms with Gasteiger partial charge in [0.1, 0.15) is 4.88 Å². The molecule has 1 aliphatic heterocycles. The molecule has 1 aromatic heterocycles. The normalized spacial score (nSPS) is 22.1. The summed E-state index contributed by atoms with van der Waals surface area (Å²) in [5.41, 5.74) is 0.650. The fourth-order valence-electron chi connectivity index (χ4n) is 1.93. The Morgan fingerprint density at radius 1 is 1.67 bits per heavy atom. The number of thiazole rings is 1. The van der Waals surface area contributed by atoms with E-state index in [1.54, 1.807) is 6.92 Å². The van der Waals surface area contributed by atoms with Crippen LogP contribution in [0.1, 0.15) is 32.7 Å². The molecule has 0 radical (unpaired) electrons. The van der Waals surface area contributed by atoms with E-state index in [0.717, 1.165) is 24.5 Å². The molecule has 1 fully saturated rings. The first-order valence-corrected chi connectivity index (χ1v) is 5.78. The van der Waals surface area contributed by atoms with Gasteiger partial charge in [0, 0.05) is 12.5 Å². The Morgan fingerprint density at radius 3 is 2.87 bits per heavy atom. The molecule has 1 saturated heterocycles. The quantitative estimate of drug-likeness (QED) is 0.831. The second kappa shape index (κ2) is 3.90. The van der Waals surface area contributed by atoms with Crippen molar-refractivity contribution < 1.29 is 9.90 Å². The van der Waals surface area contributed by atoms with E-state index in [1.807, 2.05) is 0 Å². The van der Waals surface area contributed by atoms with Gasteiger partial charge in [-0.25, -0.2) is 9.78 Å². The number of carboxylic acids is 1. The molecule has 0 aromatic carbocycles. The van der Waals surface area contributed by atoms with Crippen LogP contribution in [0.25, 0.3) is 0 Å². The fraction of sp³-hybridized carbons (Fsp3) is 0.600. The van der Waals surface area contributed by atoms with Crippen LogP contribution in [0.3, 0.4) is 0 Å². The predicted octanol–water partition coefficient (Wildman–Crippen LogP) is 1.57. The third-order valence-electron chi connectivity index (χ3n) is 2.75. The number of carboxylic acid groups (broad SMARTS) is 1. The van der Waals surface area contributed by atoms with Crippen LogP contribution < -0.4 is 0 Å². The van der Waals surface area contributed by atoms with Crippen molar-refractivity contribution in [2.24, 2.45) is 0 Å². The summed E-state index contributed by atoms with van der Waals surface area (Å²) in [5.74, 6) is -0.436. The number of rotatable bonds is 2. The number of aromatic carboxylic acids is 1. The highest BCUT2D eigenvalue weighted by atomic mass is 32.1. The van der Waals surface area contributed by atoms with Crippen molar-refractivity contribution in [3.63, 3.8) is 0 Å². The van der Waals surface area contributed by atoms with Gasteiger partial charge in [0.15, 0.2) is 0 Å². The SMILES string of the molecule is Cc1nc(C2CCN(C)C2)sc1C(=O)O. The summed E-state index contributed by atoms with van der Waals surface area (Å²) >= 11 is 1.33. The lowest BCUT2D eigenvalue weighted by atomic mass is 10.1. The summed E-state index contributed by atoms with van der Waals surface area (Å²) in [5, 5.41) is 9.91. The van der Waals surface area contributed by atoms with E-state index in [1.165, 1.54) is 11.3 Å². The van der Waals surface area contributed by atoms with Crippen LogP contribution in [0, 0.1) is 6.92 Å². The number of likely N-dealkylation sites (tertiary alicyclic amines) is 1. The fourth-order valence-corrected chi connectivity index (χ4v) is 2.96. The number of aromatic nitrogens is 1. The number of likely N-dealkylation sites (N-methyl/N-ethyl adjacent to an activating group) is 1. The van der Waals surface area contributed by atoms with E-state index < -0.39 is 5.97 Å². The lowest BCUT2D eigenvalue weighted by Crippen LogP contribution is -2.13. The lowest BCUT2D eigenvalue weighted by molar-refractivity contribution is 0.0701. The highest BCUT2D eigenvalue weighted by molar-refractivity contribution is 7.13. The molecule has 0 amide bonds. The first kappa shape index (κ1) is 10.6. The molecule has 1 aromatic rings. The van der Waals surface area contributed by atoms with Crippen LogP contribution in [0.15, 0.2) is 0 Å². The van der Waals surface area contributed by atoms with E-state index in [9.17, 15) is 4.79 Å². The highest BCUT2D eigenvalue weighted by Crippen LogP contribution is 2.31. The molecule has 0 spiro atoms. The first-order chi connectivity index (χ1) is 7.08. The van der Waals surface area contributed by atoms with Gasteiger partial charge in [-0.1, -0.05) is 0 Å². The van der Waals surface area contributed by atoms with Crippen molar-refractivity contribution in [1.82, 2.24) is 9.88 Å². The number of aryl methyl sites for hydroxylation is 1. The maximum Gasteiger partial charge on any atom is 0.347 e. The van der Waals surface area contributed by atoms with Gasteiger partial charge in [-0.3, -0.25) is 0 Å². The average molecular weight is 226 g/mol. The minimum absolute atomic E-state index is 0.388. The van der Waals surface area contributed by atoms with Crippen LogP contribution in [0.2, 0.25) is 0 Å². The molecule has 2 rings (SSSR count). The van der Waals surface area contributed by atoms with Gasteiger partial charge in [-0.2, -0.15) is 0 Å². The predicted molar refractivity (Wildman–Crippen MR) is 58.7 cm³/mol. The maximum atomic E-state index is 10.9. The number of carbonyl (C=O) groups is 1. The van der Waals surface area contributed by atoms with Gasteiger partial charge in [0.25, 0.3) is 0 Å². The molecule has 4 nitrogen and oxygen atoms in total. The molecule has 1 N–H and O–H groups in total. The molecular weight excluding hydrogens is 212 g/mol. The molecule has 5 heteroatoms. The Hall–Kier alpha value is -0.940. The second-order valence-electron chi connectivity index (χ2n) is 4.02. The third kappa shape index (κ3) is 2.03. The molecule has 0 aliphatic carbocycles. The van der Waals surface area contributed by atoms with Crippen LogP contribution in [-0.4, -0.2) is 41.1 Å². The molecular formula is C10H14N2O2S. The third-order valence-corrected chi connectivity index (χ3v) is 4.06. The molecule has 82 valence electrons. The Labute approximate surface area is 92.6 Å². The van der Waals surface area contributed by atoms with E-state index in [4.69, 9.17) is 5.11 Å². The van der Waals surface area contributed by atoms with Gasteiger partial charge in [-0.15, -0.1) is 11.3 Å². The maximum absolute atomic E-state index is 10.9. The molecule has 2 heterocycles. The Balaban J connectivity index is 2.23. The molecule has 0 bridgehead atoms. The number of hydrogen-bond donors (Lipinski definition) is 1. The van der Waals surface area contributed by atoms with Crippen LogP contribution in [-0.2, 0) is 0 Å². The summed E-state index contributed by atoms with van der Waals surface area (Å²) in [4.78, 5) is 17.9. The topological polar surface area (TPSA) is 53.4 Å². The number of hydrogen-bond acceptors (Lipinski definition) is 4. The van der Waals surface area contributed by atoms with Crippen molar-refractivity contribution in [1.29, 1.82) is 0 Å². The summed E-state index contributed by atoms with van der Waals surface area (Å²) < 4.78 is 0. The molecule has 1 atom stereocenters. The van der Waals surface area contributed by atoms with Crippen LogP contribution >= 0.6 is 11.3 Å². The minimum Gasteiger partial charge on any atom is -0.477 e. The lowest BCUT2D eigenvalue weighted by Gasteiger charge is -2.06. The summed E-state index contributed by atoms with van der Waals surface area (Å²) in [6.45, 7) is 3.83. The Morgan fingerprint density at radius 2 is 2.40 bits per heavy atom. The second-order valence-corrected chi connectivity index (χ2v) is 5.05. The first-order valence-electron chi connectivity index (χ1n) is 4.97. The minimum atomic E-state index is -0.859. The van der Waals surface area contributed by atoms with E-state index in [-0.39, 0.29) is 0 Å². The van der Waals surface area contributed by atoms with Crippen molar-refractivity contribution in [2.75, 3.05) is 20.1 Å². The summed E-state index contributed by atoms with van der Waals surface area (Å²) in [6, 6.07) is 0. The Bertz CT molecular complexity index is 389. The van der Waals surface area contributed by atoms with Gasteiger partial charge >= 0.3 is 5.97 Å². The monoisotopic (exact) mass is 226 g/mol. The highest BCUT2D eigenvalue weighted by Gasteiger charge is 2.25. The van der Waals surface area contributed by atoms with Crippen molar-refractivity contribution >= 4 is 17.3 Å². The van der Waals surface area contributed by atoms with Crippen molar-refractivity contribution in [2.45, 2.75) is 19.3 Å². The zero-order valence-electron chi connectivity index (χ0n) is 8.86. The molecule has 1 aliphatic rings. The molecule has 15 heavy (non-hydrogen) atoms. The van der Waals surface area contributed by atoms with Gasteiger partial charge in [0.2, 0.25) is 0 Å². The smallest absolute Gasteiger partial charge is 0.347 e. The van der Waals surface area contributed by atoms with Crippen LogP contribution in [0.5, 0.6) is 0 Å². The number of nitrogens with zero attached hydrogens (tertiary/aromatic N) is 2. The van der Waals surface area contributed by atoms with Gasteiger partial charge in [-0.05, 0) is 26.9 Å².